The minimum atomic E-state index is 0.0776. The average molecular weight is 262 g/mol. The lowest BCUT2D eigenvalue weighted by Crippen LogP contribution is -2.05. The Balaban J connectivity index is 1.93. The number of carbonyl (C=O) groups is 1. The van der Waals surface area contributed by atoms with Crippen molar-refractivity contribution in [1.82, 2.24) is 9.97 Å². The SMILES string of the molecule is Cc1ccc(C(=O)Cc2ccnc3ccccc23)cn1. The maximum absolute atomic E-state index is 12.3. The summed E-state index contributed by atoms with van der Waals surface area (Å²) in [6.45, 7) is 1.91. The Labute approximate surface area is 117 Å². The molecular formula is C17H14N2O. The molecule has 0 bridgehead atoms. The molecule has 0 aliphatic rings. The van der Waals surface area contributed by atoms with Crippen LogP contribution in [0.4, 0.5) is 0 Å². The number of nitrogens with zero attached hydrogens (tertiary/aromatic N) is 2. The minimum absolute atomic E-state index is 0.0776. The first kappa shape index (κ1) is 12.5. The van der Waals surface area contributed by atoms with Gasteiger partial charge in [-0.25, -0.2) is 0 Å². The van der Waals surface area contributed by atoms with Crippen molar-refractivity contribution in [3.05, 3.63) is 71.7 Å². The Morgan fingerprint density at radius 3 is 2.70 bits per heavy atom. The summed E-state index contributed by atoms with van der Waals surface area (Å²) in [6.07, 6.45) is 3.76. The van der Waals surface area contributed by atoms with Crippen LogP contribution in [0.3, 0.4) is 0 Å². The summed E-state index contributed by atoms with van der Waals surface area (Å²) in [5.74, 6) is 0.0776. The van der Waals surface area contributed by atoms with Gasteiger partial charge in [-0.2, -0.15) is 0 Å². The average Bonchev–Trinajstić information content (AvgIpc) is 2.48. The zero-order chi connectivity index (χ0) is 13.9. The lowest BCUT2D eigenvalue weighted by molar-refractivity contribution is 0.0993. The summed E-state index contributed by atoms with van der Waals surface area (Å²) >= 11 is 0. The van der Waals surface area contributed by atoms with Gasteiger partial charge in [0.05, 0.1) is 5.52 Å². The van der Waals surface area contributed by atoms with Crippen molar-refractivity contribution in [2.75, 3.05) is 0 Å². The lowest BCUT2D eigenvalue weighted by atomic mass is 10.0. The van der Waals surface area contributed by atoms with Gasteiger partial charge in [0.25, 0.3) is 0 Å². The predicted octanol–water partition coefficient (Wildman–Crippen LogP) is 3.36. The third kappa shape index (κ3) is 2.43. The van der Waals surface area contributed by atoms with Gasteiger partial charge in [-0.1, -0.05) is 18.2 Å². The smallest absolute Gasteiger partial charge is 0.168 e. The summed E-state index contributed by atoms with van der Waals surface area (Å²) in [4.78, 5) is 20.8. The highest BCUT2D eigenvalue weighted by atomic mass is 16.1. The number of carbonyl (C=O) groups excluding carboxylic acids is 1. The van der Waals surface area contributed by atoms with Gasteiger partial charge >= 0.3 is 0 Å². The van der Waals surface area contributed by atoms with Crippen LogP contribution in [0.5, 0.6) is 0 Å². The maximum Gasteiger partial charge on any atom is 0.168 e. The summed E-state index contributed by atoms with van der Waals surface area (Å²) in [7, 11) is 0. The molecule has 98 valence electrons. The van der Waals surface area contributed by atoms with Crippen LogP contribution in [-0.2, 0) is 6.42 Å². The molecule has 3 heteroatoms. The second kappa shape index (κ2) is 5.21. The summed E-state index contributed by atoms with van der Waals surface area (Å²) in [5, 5.41) is 1.03. The zero-order valence-corrected chi connectivity index (χ0v) is 11.2. The fourth-order valence-electron chi connectivity index (χ4n) is 2.22. The fourth-order valence-corrected chi connectivity index (χ4v) is 2.22. The van der Waals surface area contributed by atoms with E-state index in [-0.39, 0.29) is 5.78 Å². The summed E-state index contributed by atoms with van der Waals surface area (Å²) in [5.41, 5.74) is 3.48. The van der Waals surface area contributed by atoms with Crippen molar-refractivity contribution in [1.29, 1.82) is 0 Å². The zero-order valence-electron chi connectivity index (χ0n) is 11.2. The quantitative estimate of drug-likeness (QED) is 0.680. The number of para-hydroxylation sites is 1. The molecule has 0 N–H and O–H groups in total. The minimum Gasteiger partial charge on any atom is -0.294 e. The van der Waals surface area contributed by atoms with Crippen molar-refractivity contribution in [3.8, 4) is 0 Å². The van der Waals surface area contributed by atoms with Crippen LogP contribution in [0.1, 0.15) is 21.6 Å². The molecule has 0 atom stereocenters. The predicted molar refractivity (Wildman–Crippen MR) is 78.8 cm³/mol. The number of pyridine rings is 2. The summed E-state index contributed by atoms with van der Waals surface area (Å²) in [6, 6.07) is 13.5. The Morgan fingerprint density at radius 1 is 1.05 bits per heavy atom. The third-order valence-corrected chi connectivity index (χ3v) is 3.32. The molecule has 2 aromatic heterocycles. The molecule has 3 nitrogen and oxygen atoms in total. The lowest BCUT2D eigenvalue weighted by Gasteiger charge is -2.05. The topological polar surface area (TPSA) is 42.9 Å². The van der Waals surface area contributed by atoms with E-state index in [4.69, 9.17) is 0 Å². The molecule has 0 unspecified atom stereocenters. The van der Waals surface area contributed by atoms with E-state index in [1.54, 1.807) is 12.4 Å². The molecule has 0 aliphatic heterocycles. The highest BCUT2D eigenvalue weighted by Crippen LogP contribution is 2.18. The number of aryl methyl sites for hydroxylation is 1. The number of hydrogen-bond donors (Lipinski definition) is 0. The Hall–Kier alpha value is -2.55. The molecule has 0 saturated carbocycles. The van der Waals surface area contributed by atoms with Crippen LogP contribution in [0, 0.1) is 6.92 Å². The van der Waals surface area contributed by atoms with Crippen molar-refractivity contribution in [2.24, 2.45) is 0 Å². The number of benzene rings is 1. The van der Waals surface area contributed by atoms with Crippen molar-refractivity contribution >= 4 is 16.7 Å². The molecule has 1 aromatic carbocycles. The first-order chi connectivity index (χ1) is 9.74. The molecule has 0 fully saturated rings. The molecule has 3 aromatic rings. The second-order valence-electron chi connectivity index (χ2n) is 4.78. The molecule has 2 heterocycles. The molecule has 0 spiro atoms. The van der Waals surface area contributed by atoms with Gasteiger partial charge in [0.1, 0.15) is 0 Å². The van der Waals surface area contributed by atoms with E-state index in [1.165, 1.54) is 0 Å². The van der Waals surface area contributed by atoms with Crippen LogP contribution >= 0.6 is 0 Å². The van der Waals surface area contributed by atoms with E-state index in [0.717, 1.165) is 22.2 Å². The van der Waals surface area contributed by atoms with Gasteiger partial charge in [-0.3, -0.25) is 14.8 Å². The van der Waals surface area contributed by atoms with E-state index in [9.17, 15) is 4.79 Å². The van der Waals surface area contributed by atoms with Crippen LogP contribution in [-0.4, -0.2) is 15.8 Å². The van der Waals surface area contributed by atoms with Gasteiger partial charge in [0.15, 0.2) is 5.78 Å². The number of fused-ring (bicyclic) bond motifs is 1. The number of hydrogen-bond acceptors (Lipinski definition) is 3. The Bertz CT molecular complexity index is 758. The van der Waals surface area contributed by atoms with Crippen LogP contribution < -0.4 is 0 Å². The van der Waals surface area contributed by atoms with Crippen LogP contribution in [0.25, 0.3) is 10.9 Å². The van der Waals surface area contributed by atoms with Crippen molar-refractivity contribution in [3.63, 3.8) is 0 Å². The number of Topliss-reactive ketones (excluding diaryl/α,β-unsaturated/α-hetero) is 1. The standard InChI is InChI=1S/C17H14N2O/c1-12-6-7-14(11-19-12)17(20)10-13-8-9-18-16-5-3-2-4-15(13)16/h2-9,11H,10H2,1H3. The van der Waals surface area contributed by atoms with Crippen molar-refractivity contribution in [2.45, 2.75) is 13.3 Å². The molecule has 20 heavy (non-hydrogen) atoms. The number of aromatic nitrogens is 2. The molecule has 0 radical (unpaired) electrons. The van der Waals surface area contributed by atoms with Gasteiger partial charge in [-0.05, 0) is 36.8 Å². The highest BCUT2D eigenvalue weighted by Gasteiger charge is 2.10. The molecule has 0 aliphatic carbocycles. The van der Waals surface area contributed by atoms with E-state index >= 15 is 0 Å². The largest absolute Gasteiger partial charge is 0.294 e. The number of ketones is 1. The van der Waals surface area contributed by atoms with E-state index in [2.05, 4.69) is 9.97 Å². The molecule has 0 saturated heterocycles. The molecule has 0 amide bonds. The first-order valence-corrected chi connectivity index (χ1v) is 6.52. The van der Waals surface area contributed by atoms with Gasteiger partial charge in [-0.15, -0.1) is 0 Å². The van der Waals surface area contributed by atoms with Gasteiger partial charge in [0, 0.05) is 35.5 Å². The monoisotopic (exact) mass is 262 g/mol. The van der Waals surface area contributed by atoms with E-state index in [1.807, 2.05) is 49.4 Å². The van der Waals surface area contributed by atoms with E-state index < -0.39 is 0 Å². The fraction of sp³-hybridized carbons (Fsp3) is 0.118. The molecular weight excluding hydrogens is 248 g/mol. The van der Waals surface area contributed by atoms with Gasteiger partial charge < -0.3 is 0 Å². The third-order valence-electron chi connectivity index (χ3n) is 3.32. The van der Waals surface area contributed by atoms with E-state index in [0.29, 0.717) is 12.0 Å². The Kier molecular flexibility index (Phi) is 3.25. The molecule has 3 rings (SSSR count). The van der Waals surface area contributed by atoms with Gasteiger partial charge in [0.2, 0.25) is 0 Å². The van der Waals surface area contributed by atoms with Crippen molar-refractivity contribution < 1.29 is 4.79 Å². The normalized spacial score (nSPS) is 10.7. The Morgan fingerprint density at radius 2 is 1.90 bits per heavy atom. The number of rotatable bonds is 3. The second-order valence-corrected chi connectivity index (χ2v) is 4.78. The summed E-state index contributed by atoms with van der Waals surface area (Å²) < 4.78 is 0. The van der Waals surface area contributed by atoms with Crippen LogP contribution in [0.15, 0.2) is 54.9 Å². The first-order valence-electron chi connectivity index (χ1n) is 6.52. The highest BCUT2D eigenvalue weighted by molar-refractivity contribution is 5.99. The maximum atomic E-state index is 12.3. The van der Waals surface area contributed by atoms with Crippen LogP contribution in [0.2, 0.25) is 0 Å².